The zero-order chi connectivity index (χ0) is 13.4. The van der Waals surface area contributed by atoms with Crippen molar-refractivity contribution in [3.05, 3.63) is 34.9 Å². The average Bonchev–Trinajstić information content (AvgIpc) is 2.36. The highest BCUT2D eigenvalue weighted by molar-refractivity contribution is 7.98. The molecule has 1 atom stereocenters. The van der Waals surface area contributed by atoms with Gasteiger partial charge in [-0.25, -0.2) is 0 Å². The lowest BCUT2D eigenvalue weighted by Crippen LogP contribution is -2.32. The fourth-order valence-corrected chi connectivity index (χ4v) is 2.69. The Labute approximate surface area is 117 Å². The minimum atomic E-state index is -0.524. The van der Waals surface area contributed by atoms with Crippen LogP contribution in [0, 0.1) is 0 Å². The second kappa shape index (κ2) is 8.40. The molecule has 0 spiro atoms. The first-order chi connectivity index (χ1) is 8.65. The van der Waals surface area contributed by atoms with Crippen molar-refractivity contribution >= 4 is 29.3 Å². The summed E-state index contributed by atoms with van der Waals surface area (Å²) in [5.74, 6) is 1.32. The molecule has 0 bridgehead atoms. The second-order valence-electron chi connectivity index (χ2n) is 3.79. The number of benzene rings is 1. The summed E-state index contributed by atoms with van der Waals surface area (Å²) in [5.41, 5.74) is 6.80. The van der Waals surface area contributed by atoms with Crippen LogP contribution in [0.15, 0.2) is 24.3 Å². The largest absolute Gasteiger partial charge is 0.465 e. The summed E-state index contributed by atoms with van der Waals surface area (Å²) in [4.78, 5) is 11.3. The molecule has 1 aromatic carbocycles. The van der Waals surface area contributed by atoms with Gasteiger partial charge < -0.3 is 10.5 Å². The van der Waals surface area contributed by atoms with Crippen LogP contribution in [0.1, 0.15) is 18.9 Å². The molecule has 0 saturated heterocycles. The van der Waals surface area contributed by atoms with Gasteiger partial charge in [0.05, 0.1) is 6.61 Å². The molecule has 0 aliphatic rings. The number of carbonyl (C=O) groups is 1. The van der Waals surface area contributed by atoms with Crippen LogP contribution in [0.4, 0.5) is 0 Å². The van der Waals surface area contributed by atoms with Gasteiger partial charge in [0.2, 0.25) is 0 Å². The molecule has 0 heterocycles. The zero-order valence-electron chi connectivity index (χ0n) is 10.4. The number of halogens is 1. The summed E-state index contributed by atoms with van der Waals surface area (Å²) in [6, 6.07) is 7.23. The van der Waals surface area contributed by atoms with Crippen molar-refractivity contribution in [3.8, 4) is 0 Å². The van der Waals surface area contributed by atoms with E-state index in [0.717, 1.165) is 22.1 Å². The van der Waals surface area contributed by atoms with Gasteiger partial charge in [-0.2, -0.15) is 11.8 Å². The molecule has 5 heteroatoms. The predicted octanol–water partition coefficient (Wildman–Crippen LogP) is 2.85. The monoisotopic (exact) mass is 287 g/mol. The van der Waals surface area contributed by atoms with E-state index < -0.39 is 6.04 Å². The number of hydrogen-bond acceptors (Lipinski definition) is 4. The van der Waals surface area contributed by atoms with Crippen LogP contribution in [0.3, 0.4) is 0 Å². The highest BCUT2D eigenvalue weighted by Crippen LogP contribution is 2.21. The second-order valence-corrected chi connectivity index (χ2v) is 5.30. The standard InChI is InChI=1S/C13H18ClNO2S/c1-2-17-13(16)12(15)7-8-18-9-10-5-3-4-6-11(10)14/h3-6,12H,2,7-9,15H2,1H3. The van der Waals surface area contributed by atoms with E-state index in [1.54, 1.807) is 18.7 Å². The molecule has 1 unspecified atom stereocenters. The minimum absolute atomic E-state index is 0.323. The minimum Gasteiger partial charge on any atom is -0.465 e. The van der Waals surface area contributed by atoms with Crippen LogP contribution in [0.25, 0.3) is 0 Å². The highest BCUT2D eigenvalue weighted by atomic mass is 35.5. The maximum atomic E-state index is 11.3. The molecule has 18 heavy (non-hydrogen) atoms. The Morgan fingerprint density at radius 3 is 2.89 bits per heavy atom. The number of thioether (sulfide) groups is 1. The van der Waals surface area contributed by atoms with Gasteiger partial charge in [-0.05, 0) is 30.7 Å². The Morgan fingerprint density at radius 1 is 1.50 bits per heavy atom. The lowest BCUT2D eigenvalue weighted by Gasteiger charge is -2.10. The van der Waals surface area contributed by atoms with Gasteiger partial charge in [0, 0.05) is 10.8 Å². The number of hydrogen-bond donors (Lipinski definition) is 1. The molecule has 0 aliphatic carbocycles. The van der Waals surface area contributed by atoms with E-state index in [0.29, 0.717) is 13.0 Å². The first-order valence-electron chi connectivity index (χ1n) is 5.88. The molecular weight excluding hydrogens is 270 g/mol. The fourth-order valence-electron chi connectivity index (χ4n) is 1.38. The maximum absolute atomic E-state index is 11.3. The summed E-state index contributed by atoms with van der Waals surface area (Å²) >= 11 is 7.76. The van der Waals surface area contributed by atoms with Gasteiger partial charge in [-0.15, -0.1) is 0 Å². The quantitative estimate of drug-likeness (QED) is 0.619. The average molecular weight is 288 g/mol. The number of rotatable bonds is 7. The predicted molar refractivity (Wildman–Crippen MR) is 76.8 cm³/mol. The van der Waals surface area contributed by atoms with Crippen LogP contribution >= 0.6 is 23.4 Å². The first kappa shape index (κ1) is 15.3. The van der Waals surface area contributed by atoms with Gasteiger partial charge in [0.25, 0.3) is 0 Å². The van der Waals surface area contributed by atoms with Crippen LogP contribution < -0.4 is 5.73 Å². The molecule has 0 amide bonds. The molecule has 1 aromatic rings. The third kappa shape index (κ3) is 5.29. The molecule has 100 valence electrons. The molecule has 0 saturated carbocycles. The fraction of sp³-hybridized carbons (Fsp3) is 0.462. The Kier molecular flexibility index (Phi) is 7.16. The first-order valence-corrected chi connectivity index (χ1v) is 7.41. The molecule has 0 aromatic heterocycles. The molecule has 0 radical (unpaired) electrons. The molecule has 2 N–H and O–H groups in total. The van der Waals surface area contributed by atoms with Crippen LogP contribution in [-0.2, 0) is 15.3 Å². The third-order valence-corrected chi connectivity index (χ3v) is 3.79. The van der Waals surface area contributed by atoms with E-state index >= 15 is 0 Å². The number of esters is 1. The molecule has 0 aliphatic heterocycles. The smallest absolute Gasteiger partial charge is 0.322 e. The van der Waals surface area contributed by atoms with Crippen LogP contribution in [-0.4, -0.2) is 24.4 Å². The van der Waals surface area contributed by atoms with E-state index in [9.17, 15) is 4.79 Å². The van der Waals surface area contributed by atoms with Gasteiger partial charge in [0.15, 0.2) is 0 Å². The molecule has 3 nitrogen and oxygen atoms in total. The Balaban J connectivity index is 2.23. The van der Waals surface area contributed by atoms with Crippen molar-refractivity contribution in [2.45, 2.75) is 25.1 Å². The van der Waals surface area contributed by atoms with Gasteiger partial charge >= 0.3 is 5.97 Å². The number of carbonyl (C=O) groups excluding carboxylic acids is 1. The van der Waals surface area contributed by atoms with Crippen molar-refractivity contribution < 1.29 is 9.53 Å². The van der Waals surface area contributed by atoms with E-state index in [-0.39, 0.29) is 5.97 Å². The summed E-state index contributed by atoms with van der Waals surface area (Å²) in [6.45, 7) is 2.15. The Hall–Kier alpha value is -0.710. The normalized spacial score (nSPS) is 12.2. The lowest BCUT2D eigenvalue weighted by atomic mass is 10.2. The molecule has 1 rings (SSSR count). The maximum Gasteiger partial charge on any atom is 0.322 e. The molecular formula is C13H18ClNO2S. The Bertz CT molecular complexity index is 387. The highest BCUT2D eigenvalue weighted by Gasteiger charge is 2.13. The third-order valence-electron chi connectivity index (χ3n) is 2.38. The summed E-state index contributed by atoms with van der Waals surface area (Å²) in [5, 5.41) is 0.777. The molecule has 0 fully saturated rings. The van der Waals surface area contributed by atoms with E-state index in [2.05, 4.69) is 0 Å². The van der Waals surface area contributed by atoms with Crippen molar-refractivity contribution in [2.24, 2.45) is 5.73 Å². The summed E-state index contributed by atoms with van der Waals surface area (Å²) in [6.07, 6.45) is 0.619. The summed E-state index contributed by atoms with van der Waals surface area (Å²) < 4.78 is 4.84. The topological polar surface area (TPSA) is 52.3 Å². The zero-order valence-corrected chi connectivity index (χ0v) is 12.0. The SMILES string of the molecule is CCOC(=O)C(N)CCSCc1ccccc1Cl. The number of nitrogens with two attached hydrogens (primary N) is 1. The van der Waals surface area contributed by atoms with E-state index in [4.69, 9.17) is 22.1 Å². The lowest BCUT2D eigenvalue weighted by molar-refractivity contribution is -0.144. The van der Waals surface area contributed by atoms with Gasteiger partial charge in [0.1, 0.15) is 6.04 Å². The van der Waals surface area contributed by atoms with Crippen LogP contribution in [0.2, 0.25) is 5.02 Å². The van der Waals surface area contributed by atoms with Crippen molar-refractivity contribution in [3.63, 3.8) is 0 Å². The van der Waals surface area contributed by atoms with Crippen molar-refractivity contribution in [1.82, 2.24) is 0 Å². The van der Waals surface area contributed by atoms with E-state index in [1.807, 2.05) is 24.3 Å². The van der Waals surface area contributed by atoms with Crippen LogP contribution in [0.5, 0.6) is 0 Å². The summed E-state index contributed by atoms with van der Waals surface area (Å²) in [7, 11) is 0. The van der Waals surface area contributed by atoms with Gasteiger partial charge in [-0.3, -0.25) is 4.79 Å². The van der Waals surface area contributed by atoms with Crippen molar-refractivity contribution in [2.75, 3.05) is 12.4 Å². The van der Waals surface area contributed by atoms with E-state index in [1.165, 1.54) is 0 Å². The van der Waals surface area contributed by atoms with Crippen molar-refractivity contribution in [1.29, 1.82) is 0 Å². The van der Waals surface area contributed by atoms with Gasteiger partial charge in [-0.1, -0.05) is 29.8 Å². The Morgan fingerprint density at radius 2 is 2.22 bits per heavy atom. The number of ether oxygens (including phenoxy) is 1.